The lowest BCUT2D eigenvalue weighted by Crippen LogP contribution is -2.51. The Bertz CT molecular complexity index is 1470. The number of rotatable bonds is 5. The Morgan fingerprint density at radius 1 is 1.24 bits per heavy atom. The highest BCUT2D eigenvalue weighted by atomic mass is 19.1. The van der Waals surface area contributed by atoms with E-state index < -0.39 is 23.9 Å². The molecular weight excluding hydrogens is 491 g/mol. The second-order valence-electron chi connectivity index (χ2n) is 10.8. The molecule has 1 N–H and O–H groups in total. The molecule has 0 aliphatic carbocycles. The molecule has 11 nitrogen and oxygen atoms in total. The second-order valence-corrected chi connectivity index (χ2v) is 10.8. The summed E-state index contributed by atoms with van der Waals surface area (Å²) in [7, 11) is 1.54. The maximum atomic E-state index is 15.1. The van der Waals surface area contributed by atoms with Gasteiger partial charge in [0, 0.05) is 24.3 Å². The molecule has 0 unspecified atom stereocenters. The van der Waals surface area contributed by atoms with Crippen molar-refractivity contribution in [3.05, 3.63) is 30.5 Å². The summed E-state index contributed by atoms with van der Waals surface area (Å²) in [6.07, 6.45) is 0.384. The van der Waals surface area contributed by atoms with Crippen molar-refractivity contribution < 1.29 is 18.7 Å². The topological polar surface area (TPSA) is 112 Å². The molecule has 202 valence electrons. The van der Waals surface area contributed by atoms with Crippen LogP contribution in [0.15, 0.2) is 30.5 Å². The van der Waals surface area contributed by atoms with Crippen LogP contribution in [0, 0.1) is 0 Å². The van der Waals surface area contributed by atoms with E-state index in [-0.39, 0.29) is 18.5 Å². The van der Waals surface area contributed by atoms with Crippen LogP contribution in [0.3, 0.4) is 0 Å². The number of alkyl halides is 1. The Morgan fingerprint density at radius 2 is 2.03 bits per heavy atom. The number of hydrogen-bond donors (Lipinski definition) is 1. The summed E-state index contributed by atoms with van der Waals surface area (Å²) in [6.45, 7) is 9.78. The smallest absolute Gasteiger partial charge is 0.410 e. The first-order valence-electron chi connectivity index (χ1n) is 12.7. The standard InChI is InChI=1S/C26H33FN8O3/c1-15(2)35-21-13-16(7-8-20(21)30-32-35)17-9-12-34-22(17)23(37-6)29-24(31-34)28-19-10-11-33(14-18(19)27)25(36)38-26(3,4)5/h7-9,12-13,15,18-19H,10-11,14H2,1-6H3,(H,28,31)/t18-,19+/m1/s1. The van der Waals surface area contributed by atoms with Gasteiger partial charge in [0.1, 0.15) is 22.8 Å². The number of carbonyl (C=O) groups excluding carboxylic acids is 1. The number of aromatic nitrogens is 6. The molecule has 5 rings (SSSR count). The van der Waals surface area contributed by atoms with E-state index in [1.807, 2.05) is 35.1 Å². The number of anilines is 1. The Hall–Kier alpha value is -3.96. The van der Waals surface area contributed by atoms with Crippen LogP contribution >= 0.6 is 0 Å². The molecule has 4 aromatic rings. The molecule has 0 radical (unpaired) electrons. The average Bonchev–Trinajstić information content (AvgIpc) is 3.47. The minimum Gasteiger partial charge on any atom is -0.479 e. The van der Waals surface area contributed by atoms with Crippen LogP contribution in [-0.4, -0.2) is 78.6 Å². The minimum absolute atomic E-state index is 0.0656. The lowest BCUT2D eigenvalue weighted by Gasteiger charge is -2.35. The van der Waals surface area contributed by atoms with Crippen molar-refractivity contribution in [1.29, 1.82) is 0 Å². The van der Waals surface area contributed by atoms with E-state index in [2.05, 4.69) is 39.6 Å². The van der Waals surface area contributed by atoms with Crippen LogP contribution in [0.2, 0.25) is 0 Å². The number of nitrogens with zero attached hydrogens (tertiary/aromatic N) is 7. The van der Waals surface area contributed by atoms with E-state index in [4.69, 9.17) is 9.47 Å². The number of amides is 1. The number of piperidine rings is 1. The van der Waals surface area contributed by atoms with Crippen molar-refractivity contribution in [1.82, 2.24) is 34.5 Å². The number of ether oxygens (including phenoxy) is 2. The Labute approximate surface area is 219 Å². The number of hydrogen-bond acceptors (Lipinski definition) is 8. The normalized spacial score (nSPS) is 18.4. The van der Waals surface area contributed by atoms with Crippen LogP contribution in [0.5, 0.6) is 5.88 Å². The van der Waals surface area contributed by atoms with Gasteiger partial charge in [0.15, 0.2) is 0 Å². The first-order chi connectivity index (χ1) is 18.0. The molecule has 3 aromatic heterocycles. The van der Waals surface area contributed by atoms with Gasteiger partial charge in [-0.3, -0.25) is 0 Å². The van der Waals surface area contributed by atoms with Gasteiger partial charge in [-0.25, -0.2) is 18.4 Å². The highest BCUT2D eigenvalue weighted by Gasteiger charge is 2.34. The molecule has 0 spiro atoms. The number of fused-ring (bicyclic) bond motifs is 2. The van der Waals surface area contributed by atoms with Crippen molar-refractivity contribution in [3.8, 4) is 17.0 Å². The zero-order valence-electron chi connectivity index (χ0n) is 22.5. The van der Waals surface area contributed by atoms with Gasteiger partial charge in [-0.15, -0.1) is 10.2 Å². The number of halogens is 1. The van der Waals surface area contributed by atoms with Crippen molar-refractivity contribution in [3.63, 3.8) is 0 Å². The SMILES string of the molecule is COc1nc(N[C@H]2CCN(C(=O)OC(C)(C)C)C[C@H]2F)nn2ccc(-c3ccc4nnn(C(C)C)c4c3)c12. The van der Waals surface area contributed by atoms with Gasteiger partial charge < -0.3 is 19.7 Å². The van der Waals surface area contributed by atoms with Crippen molar-refractivity contribution in [2.75, 3.05) is 25.5 Å². The van der Waals surface area contributed by atoms with Crippen molar-refractivity contribution >= 4 is 28.6 Å². The molecule has 1 fully saturated rings. The van der Waals surface area contributed by atoms with Gasteiger partial charge in [-0.05, 0) is 64.8 Å². The molecule has 1 amide bonds. The van der Waals surface area contributed by atoms with Gasteiger partial charge in [0.2, 0.25) is 11.8 Å². The Kier molecular flexibility index (Phi) is 6.58. The Balaban J connectivity index is 1.39. The predicted octanol–water partition coefficient (Wildman–Crippen LogP) is 4.49. The van der Waals surface area contributed by atoms with Crippen molar-refractivity contribution in [2.24, 2.45) is 0 Å². The number of nitrogens with one attached hydrogen (secondary N) is 1. The molecular formula is C26H33FN8O3. The summed E-state index contributed by atoms with van der Waals surface area (Å²) in [5.74, 6) is 0.604. The van der Waals surface area contributed by atoms with E-state index in [1.165, 1.54) is 4.90 Å². The predicted molar refractivity (Wildman–Crippen MR) is 141 cm³/mol. The monoisotopic (exact) mass is 524 g/mol. The van der Waals surface area contributed by atoms with E-state index in [0.717, 1.165) is 22.2 Å². The highest BCUT2D eigenvalue weighted by Crippen LogP contribution is 2.33. The molecule has 1 saturated heterocycles. The van der Waals surface area contributed by atoms with Crippen LogP contribution in [0.25, 0.3) is 27.7 Å². The number of carbonyl (C=O) groups is 1. The quantitative estimate of drug-likeness (QED) is 0.407. The molecule has 4 heterocycles. The van der Waals surface area contributed by atoms with Crippen LogP contribution in [-0.2, 0) is 4.74 Å². The largest absolute Gasteiger partial charge is 0.479 e. The lowest BCUT2D eigenvalue weighted by atomic mass is 10.0. The molecule has 0 bridgehead atoms. The van der Waals surface area contributed by atoms with Gasteiger partial charge >= 0.3 is 6.09 Å². The summed E-state index contributed by atoms with van der Waals surface area (Å²) < 4.78 is 29.6. The van der Waals surface area contributed by atoms with Crippen LogP contribution < -0.4 is 10.1 Å². The maximum Gasteiger partial charge on any atom is 0.410 e. The summed E-state index contributed by atoms with van der Waals surface area (Å²) in [6, 6.07) is 7.52. The molecule has 12 heteroatoms. The zero-order chi connectivity index (χ0) is 27.2. The fraction of sp³-hybridized carbons (Fsp3) is 0.500. The summed E-state index contributed by atoms with van der Waals surface area (Å²) in [5, 5.41) is 16.2. The first-order valence-corrected chi connectivity index (χ1v) is 12.7. The van der Waals surface area contributed by atoms with E-state index in [0.29, 0.717) is 24.4 Å². The summed E-state index contributed by atoms with van der Waals surface area (Å²) >= 11 is 0. The van der Waals surface area contributed by atoms with Crippen molar-refractivity contribution in [2.45, 2.75) is 64.9 Å². The van der Waals surface area contributed by atoms with Crippen LogP contribution in [0.1, 0.15) is 47.1 Å². The molecule has 38 heavy (non-hydrogen) atoms. The Morgan fingerprint density at radius 3 is 2.71 bits per heavy atom. The molecule has 2 atom stereocenters. The first kappa shape index (κ1) is 25.7. The van der Waals surface area contributed by atoms with Gasteiger partial charge in [-0.1, -0.05) is 11.3 Å². The average molecular weight is 525 g/mol. The maximum absolute atomic E-state index is 15.1. The van der Waals surface area contributed by atoms with E-state index in [1.54, 1.807) is 32.4 Å². The number of methoxy groups -OCH3 is 1. The third-order valence-electron chi connectivity index (χ3n) is 6.45. The molecule has 0 saturated carbocycles. The number of benzene rings is 1. The minimum atomic E-state index is -1.31. The third-order valence-corrected chi connectivity index (χ3v) is 6.45. The third kappa shape index (κ3) is 4.94. The molecule has 1 aromatic carbocycles. The summed E-state index contributed by atoms with van der Waals surface area (Å²) in [5.41, 5.74) is 3.65. The van der Waals surface area contributed by atoms with Gasteiger partial charge in [-0.2, -0.15) is 4.98 Å². The van der Waals surface area contributed by atoms with Gasteiger partial charge in [0.25, 0.3) is 0 Å². The van der Waals surface area contributed by atoms with Gasteiger partial charge in [0.05, 0.1) is 25.2 Å². The van der Waals surface area contributed by atoms with E-state index >= 15 is 4.39 Å². The van der Waals surface area contributed by atoms with Crippen LogP contribution in [0.4, 0.5) is 15.1 Å². The summed E-state index contributed by atoms with van der Waals surface area (Å²) in [4.78, 5) is 18.3. The highest BCUT2D eigenvalue weighted by molar-refractivity contribution is 5.89. The second kappa shape index (κ2) is 9.73. The number of likely N-dealkylation sites (tertiary alicyclic amines) is 1. The molecule has 1 aliphatic rings. The lowest BCUT2D eigenvalue weighted by molar-refractivity contribution is 0.0125. The zero-order valence-corrected chi connectivity index (χ0v) is 22.5. The fourth-order valence-corrected chi connectivity index (χ4v) is 4.64. The molecule has 1 aliphatic heterocycles. The fourth-order valence-electron chi connectivity index (χ4n) is 4.64. The van der Waals surface area contributed by atoms with E-state index in [9.17, 15) is 4.79 Å².